The first-order valence-corrected chi connectivity index (χ1v) is 8.85. The molecule has 6 heteroatoms. The number of carbonyl (C=O) groups excluding carboxylic acids is 2. The van der Waals surface area contributed by atoms with Crippen LogP contribution in [0.2, 0.25) is 0 Å². The van der Waals surface area contributed by atoms with Gasteiger partial charge in [-0.25, -0.2) is 4.79 Å². The fourth-order valence-corrected chi connectivity index (χ4v) is 4.78. The van der Waals surface area contributed by atoms with E-state index in [0.29, 0.717) is 46.6 Å². The van der Waals surface area contributed by atoms with E-state index in [0.717, 1.165) is 12.3 Å². The zero-order valence-corrected chi connectivity index (χ0v) is 14.6. The van der Waals surface area contributed by atoms with Crippen molar-refractivity contribution in [2.75, 3.05) is 19.5 Å². The minimum atomic E-state index is -0.439. The molecule has 134 valence electrons. The Hall–Kier alpha value is -2.24. The molecule has 4 rings (SSSR count). The summed E-state index contributed by atoms with van der Waals surface area (Å²) in [6, 6.07) is 1.73. The highest BCUT2D eigenvalue weighted by atomic mass is 16.5. The lowest BCUT2D eigenvalue weighted by Gasteiger charge is -2.22. The standard InChI is InChI=1S/C19H23NO5/c1-23-14-7-13-9-25-19(22)16(13)17(18(14)24-2)20-15(21)8-12-6-10-3-4-11(12)5-10/h7,10-12H,3-6,8-9H2,1-2H3,(H,20,21)/t10-,11+,12-/m0/s1. The fraction of sp³-hybridized carbons (Fsp3) is 0.579. The molecular weight excluding hydrogens is 322 g/mol. The summed E-state index contributed by atoms with van der Waals surface area (Å²) in [6.45, 7) is 0.184. The molecule has 0 saturated heterocycles. The lowest BCUT2D eigenvalue weighted by atomic mass is 9.86. The number of hydrogen-bond acceptors (Lipinski definition) is 5. The van der Waals surface area contributed by atoms with E-state index in [4.69, 9.17) is 14.2 Å². The topological polar surface area (TPSA) is 73.9 Å². The van der Waals surface area contributed by atoms with Crippen LogP contribution in [0.15, 0.2) is 6.07 Å². The van der Waals surface area contributed by atoms with E-state index in [1.54, 1.807) is 6.07 Å². The highest BCUT2D eigenvalue weighted by Crippen LogP contribution is 2.50. The highest BCUT2D eigenvalue weighted by Gasteiger charge is 2.40. The summed E-state index contributed by atoms with van der Waals surface area (Å²) < 4.78 is 15.9. The van der Waals surface area contributed by atoms with Gasteiger partial charge in [-0.3, -0.25) is 4.79 Å². The Morgan fingerprint density at radius 2 is 2.12 bits per heavy atom. The number of nitrogens with one attached hydrogen (secondary N) is 1. The van der Waals surface area contributed by atoms with Crippen LogP contribution in [-0.2, 0) is 16.1 Å². The molecule has 2 fully saturated rings. The molecule has 2 saturated carbocycles. The average molecular weight is 345 g/mol. The van der Waals surface area contributed by atoms with Gasteiger partial charge in [-0.2, -0.15) is 0 Å². The number of methoxy groups -OCH3 is 2. The Morgan fingerprint density at radius 1 is 1.28 bits per heavy atom. The van der Waals surface area contributed by atoms with Crippen LogP contribution in [0.5, 0.6) is 11.5 Å². The van der Waals surface area contributed by atoms with Gasteiger partial charge < -0.3 is 19.5 Å². The molecule has 2 aliphatic carbocycles. The molecule has 0 spiro atoms. The maximum absolute atomic E-state index is 12.7. The van der Waals surface area contributed by atoms with E-state index in [1.165, 1.54) is 33.5 Å². The first kappa shape index (κ1) is 16.2. The van der Waals surface area contributed by atoms with Crippen LogP contribution in [0.25, 0.3) is 0 Å². The van der Waals surface area contributed by atoms with Crippen LogP contribution < -0.4 is 14.8 Å². The van der Waals surface area contributed by atoms with Crippen LogP contribution in [0.3, 0.4) is 0 Å². The predicted molar refractivity (Wildman–Crippen MR) is 90.9 cm³/mol. The molecular formula is C19H23NO5. The van der Waals surface area contributed by atoms with Gasteiger partial charge in [-0.1, -0.05) is 6.42 Å². The molecule has 0 unspecified atom stereocenters. The molecule has 0 radical (unpaired) electrons. The van der Waals surface area contributed by atoms with Crippen LogP contribution in [0.1, 0.15) is 48.0 Å². The smallest absolute Gasteiger partial charge is 0.341 e. The van der Waals surface area contributed by atoms with E-state index < -0.39 is 5.97 Å². The van der Waals surface area contributed by atoms with Crippen LogP contribution in [0, 0.1) is 17.8 Å². The van der Waals surface area contributed by atoms with Crippen LogP contribution in [0.4, 0.5) is 5.69 Å². The number of carbonyl (C=O) groups is 2. The summed E-state index contributed by atoms with van der Waals surface area (Å²) >= 11 is 0. The molecule has 6 nitrogen and oxygen atoms in total. The first-order valence-electron chi connectivity index (χ1n) is 8.85. The van der Waals surface area contributed by atoms with Crippen LogP contribution in [-0.4, -0.2) is 26.1 Å². The van der Waals surface area contributed by atoms with Crippen molar-refractivity contribution in [1.82, 2.24) is 0 Å². The maximum Gasteiger partial charge on any atom is 0.341 e. The lowest BCUT2D eigenvalue weighted by Crippen LogP contribution is -2.21. The van der Waals surface area contributed by atoms with Crippen molar-refractivity contribution >= 4 is 17.6 Å². The van der Waals surface area contributed by atoms with Crippen molar-refractivity contribution in [3.05, 3.63) is 17.2 Å². The van der Waals surface area contributed by atoms with Crippen molar-refractivity contribution in [2.24, 2.45) is 17.8 Å². The normalized spacial score (nSPS) is 26.3. The number of esters is 1. The summed E-state index contributed by atoms with van der Waals surface area (Å²) in [4.78, 5) is 24.8. The Balaban J connectivity index is 1.59. The molecule has 1 N–H and O–H groups in total. The van der Waals surface area contributed by atoms with Gasteiger partial charge >= 0.3 is 5.97 Å². The Morgan fingerprint density at radius 3 is 2.76 bits per heavy atom. The van der Waals surface area contributed by atoms with Crippen molar-refractivity contribution in [1.29, 1.82) is 0 Å². The zero-order valence-electron chi connectivity index (χ0n) is 14.6. The van der Waals surface area contributed by atoms with E-state index >= 15 is 0 Å². The minimum absolute atomic E-state index is 0.0778. The Kier molecular flexibility index (Phi) is 4.06. The largest absolute Gasteiger partial charge is 0.493 e. The molecule has 1 heterocycles. The molecule has 1 aromatic carbocycles. The van der Waals surface area contributed by atoms with Gasteiger partial charge in [0, 0.05) is 12.0 Å². The average Bonchev–Trinajstić information content (AvgIpc) is 3.30. The minimum Gasteiger partial charge on any atom is -0.493 e. The van der Waals surface area contributed by atoms with Gasteiger partial charge in [0.05, 0.1) is 19.8 Å². The number of fused-ring (bicyclic) bond motifs is 3. The third-order valence-corrected chi connectivity index (χ3v) is 5.91. The summed E-state index contributed by atoms with van der Waals surface area (Å²) in [7, 11) is 3.03. The van der Waals surface area contributed by atoms with E-state index in [1.807, 2.05) is 0 Å². The van der Waals surface area contributed by atoms with Crippen molar-refractivity contribution < 1.29 is 23.8 Å². The summed E-state index contributed by atoms with van der Waals surface area (Å²) in [5.74, 6) is 2.26. The third-order valence-electron chi connectivity index (χ3n) is 5.91. The SMILES string of the molecule is COc1cc2c(c(NC(=O)C[C@@H]3C[C@H]4CC[C@@H]3C4)c1OC)C(=O)OC2. The summed E-state index contributed by atoms with van der Waals surface area (Å²) in [5, 5.41) is 2.91. The molecule has 1 aromatic rings. The van der Waals surface area contributed by atoms with Gasteiger partial charge in [0.15, 0.2) is 11.5 Å². The van der Waals surface area contributed by atoms with Gasteiger partial charge in [0.2, 0.25) is 5.91 Å². The summed E-state index contributed by atoms with van der Waals surface area (Å²) in [5.41, 5.74) is 1.45. The molecule has 3 atom stereocenters. The number of anilines is 1. The number of ether oxygens (including phenoxy) is 3. The van der Waals surface area contributed by atoms with E-state index in [9.17, 15) is 9.59 Å². The molecule has 3 aliphatic rings. The Bertz CT molecular complexity index is 729. The van der Waals surface area contributed by atoms with Gasteiger partial charge in [-0.15, -0.1) is 0 Å². The molecule has 1 aliphatic heterocycles. The van der Waals surface area contributed by atoms with Gasteiger partial charge in [0.1, 0.15) is 12.3 Å². The highest BCUT2D eigenvalue weighted by molar-refractivity contribution is 6.06. The van der Waals surface area contributed by atoms with E-state index in [-0.39, 0.29) is 12.5 Å². The third kappa shape index (κ3) is 2.73. The molecule has 2 bridgehead atoms. The quantitative estimate of drug-likeness (QED) is 0.830. The van der Waals surface area contributed by atoms with E-state index in [2.05, 4.69) is 5.32 Å². The summed E-state index contributed by atoms with van der Waals surface area (Å²) in [6.07, 6.45) is 5.46. The van der Waals surface area contributed by atoms with Crippen LogP contribution >= 0.6 is 0 Å². The second-order valence-corrected chi connectivity index (χ2v) is 7.28. The Labute approximate surface area is 146 Å². The van der Waals surface area contributed by atoms with Gasteiger partial charge in [-0.05, 0) is 43.1 Å². The van der Waals surface area contributed by atoms with Crippen molar-refractivity contribution in [2.45, 2.75) is 38.7 Å². The number of hydrogen-bond donors (Lipinski definition) is 1. The number of benzene rings is 1. The fourth-order valence-electron chi connectivity index (χ4n) is 4.78. The second kappa shape index (κ2) is 6.24. The van der Waals surface area contributed by atoms with Gasteiger partial charge in [0.25, 0.3) is 0 Å². The molecule has 0 aromatic heterocycles. The lowest BCUT2D eigenvalue weighted by molar-refractivity contribution is -0.117. The number of cyclic esters (lactones) is 1. The number of rotatable bonds is 5. The van der Waals surface area contributed by atoms with Crippen molar-refractivity contribution in [3.63, 3.8) is 0 Å². The second-order valence-electron chi connectivity index (χ2n) is 7.28. The first-order chi connectivity index (χ1) is 12.1. The monoisotopic (exact) mass is 345 g/mol. The number of amides is 1. The maximum atomic E-state index is 12.7. The molecule has 1 amide bonds. The zero-order chi connectivity index (χ0) is 17.6. The van der Waals surface area contributed by atoms with Crippen molar-refractivity contribution in [3.8, 4) is 11.5 Å². The predicted octanol–water partition coefficient (Wildman–Crippen LogP) is 3.14. The molecule has 25 heavy (non-hydrogen) atoms.